The normalized spacial score (nSPS) is 25.0. The minimum Gasteiger partial charge on any atom is -0.443 e. The quantitative estimate of drug-likeness (QED) is 0.676. The first-order valence-corrected chi connectivity index (χ1v) is 12.0. The van der Waals surface area contributed by atoms with Gasteiger partial charge in [0.2, 0.25) is 10.0 Å². The molecule has 2 fully saturated rings. The number of sulfonamides is 1. The zero-order valence-electron chi connectivity index (χ0n) is 15.7. The number of hydrogen-bond acceptors (Lipinski definition) is 4. The number of carbonyl (C=O) groups excluding carboxylic acids is 1. The van der Waals surface area contributed by atoms with Gasteiger partial charge in [-0.2, -0.15) is 4.31 Å². The number of piperidine rings is 1. The number of halogens is 1. The molecule has 152 valence electrons. The van der Waals surface area contributed by atoms with Crippen LogP contribution in [0.4, 0.5) is 4.79 Å². The monoisotopic (exact) mass is 476 g/mol. The van der Waals surface area contributed by atoms with Gasteiger partial charge < -0.3 is 4.74 Å². The Morgan fingerprint density at radius 3 is 2.55 bits per heavy atom. The molecule has 8 heteroatoms. The summed E-state index contributed by atoms with van der Waals surface area (Å²) in [5, 5.41) is 0. The fourth-order valence-electron chi connectivity index (χ4n) is 4.79. The molecule has 2 saturated heterocycles. The van der Waals surface area contributed by atoms with Crippen molar-refractivity contribution in [3.63, 3.8) is 0 Å². The minimum absolute atomic E-state index is 0.0161. The zero-order chi connectivity index (χ0) is 20.2. The van der Waals surface area contributed by atoms with Gasteiger partial charge in [-0.3, -0.25) is 4.90 Å². The highest BCUT2D eigenvalue weighted by molar-refractivity contribution is 9.10. The average Bonchev–Trinajstić information content (AvgIpc) is 3.22. The van der Waals surface area contributed by atoms with Crippen LogP contribution >= 0.6 is 15.9 Å². The molecule has 2 aliphatic heterocycles. The van der Waals surface area contributed by atoms with Gasteiger partial charge in [-0.1, -0.05) is 46.3 Å². The van der Waals surface area contributed by atoms with Crippen molar-refractivity contribution in [2.24, 2.45) is 0 Å². The number of fused-ring (bicyclic) bond motifs is 3. The van der Waals surface area contributed by atoms with Crippen LogP contribution < -0.4 is 0 Å². The molecule has 0 unspecified atom stereocenters. The Bertz CT molecular complexity index is 1070. The van der Waals surface area contributed by atoms with Gasteiger partial charge in [0, 0.05) is 30.0 Å². The number of ether oxygens (including phenoxy) is 1. The van der Waals surface area contributed by atoms with Crippen molar-refractivity contribution in [2.45, 2.75) is 42.3 Å². The maximum absolute atomic E-state index is 13.0. The maximum Gasteiger partial charge on any atom is 0.411 e. The van der Waals surface area contributed by atoms with Crippen LogP contribution in [0.25, 0.3) is 0 Å². The first-order chi connectivity index (χ1) is 13.9. The Hall–Kier alpha value is -1.90. The van der Waals surface area contributed by atoms with Gasteiger partial charge in [0.1, 0.15) is 6.10 Å². The topological polar surface area (TPSA) is 66.9 Å². The summed E-state index contributed by atoms with van der Waals surface area (Å²) in [6.45, 7) is 0.782. The van der Waals surface area contributed by atoms with Gasteiger partial charge in [0.15, 0.2) is 0 Å². The number of hydrogen-bond donors (Lipinski definition) is 0. The second kappa shape index (κ2) is 7.11. The largest absolute Gasteiger partial charge is 0.443 e. The summed E-state index contributed by atoms with van der Waals surface area (Å²) in [5.41, 5.74) is 2.39. The predicted molar refractivity (Wildman–Crippen MR) is 111 cm³/mol. The van der Waals surface area contributed by atoms with E-state index in [9.17, 15) is 13.2 Å². The van der Waals surface area contributed by atoms with E-state index >= 15 is 0 Å². The number of nitrogens with zero attached hydrogens (tertiary/aromatic N) is 2. The second-order valence-electron chi connectivity index (χ2n) is 7.77. The Balaban J connectivity index is 1.34. The summed E-state index contributed by atoms with van der Waals surface area (Å²) in [5.74, 6) is 0. The van der Waals surface area contributed by atoms with Gasteiger partial charge in [0.25, 0.3) is 0 Å². The summed E-state index contributed by atoms with van der Waals surface area (Å²) < 4.78 is 33.9. The molecule has 2 heterocycles. The molecule has 0 aromatic heterocycles. The highest BCUT2D eigenvalue weighted by atomic mass is 79.9. The van der Waals surface area contributed by atoms with Crippen molar-refractivity contribution in [3.8, 4) is 0 Å². The minimum atomic E-state index is -3.54. The van der Waals surface area contributed by atoms with Crippen LogP contribution in [-0.4, -0.2) is 49.0 Å². The molecule has 5 rings (SSSR count). The predicted octanol–water partition coefficient (Wildman–Crippen LogP) is 3.72. The fraction of sp³-hybridized carbons (Fsp3) is 0.381. The molecule has 2 aromatic carbocycles. The van der Waals surface area contributed by atoms with Crippen LogP contribution in [0.5, 0.6) is 0 Å². The summed E-state index contributed by atoms with van der Waals surface area (Å²) in [4.78, 5) is 14.7. The third kappa shape index (κ3) is 3.17. The lowest BCUT2D eigenvalue weighted by Crippen LogP contribution is -2.47. The van der Waals surface area contributed by atoms with Crippen molar-refractivity contribution in [1.82, 2.24) is 9.21 Å². The SMILES string of the molecule is O=C1O[C@H]2Cc3ccccc3[C@H]2N1C1CCN(S(=O)(=O)c2cccc(Br)c2)CC1. The van der Waals surface area contributed by atoms with E-state index in [1.165, 1.54) is 9.87 Å². The fourth-order valence-corrected chi connectivity index (χ4v) is 6.86. The number of benzene rings is 2. The summed E-state index contributed by atoms with van der Waals surface area (Å²) in [6.07, 6.45) is 1.55. The lowest BCUT2D eigenvalue weighted by Gasteiger charge is -2.37. The van der Waals surface area contributed by atoms with Crippen LogP contribution in [0.2, 0.25) is 0 Å². The molecule has 0 N–H and O–H groups in total. The zero-order valence-corrected chi connectivity index (χ0v) is 18.1. The van der Waals surface area contributed by atoms with E-state index in [0.29, 0.717) is 25.9 Å². The summed E-state index contributed by atoms with van der Waals surface area (Å²) in [6, 6.07) is 14.9. The standard InChI is InChI=1S/C21H21BrN2O4S/c22-15-5-3-6-17(13-15)29(26,27)23-10-8-16(9-11-23)24-20-18-7-2-1-4-14(18)12-19(20)28-21(24)25/h1-7,13,16,19-20H,8-12H2/t19-,20+/m0/s1. The van der Waals surface area contributed by atoms with Gasteiger partial charge in [-0.05, 0) is 42.2 Å². The molecule has 2 aromatic rings. The Labute approximate surface area is 178 Å². The molecule has 2 atom stereocenters. The molecular weight excluding hydrogens is 456 g/mol. The Morgan fingerprint density at radius 2 is 1.79 bits per heavy atom. The Morgan fingerprint density at radius 1 is 1.03 bits per heavy atom. The Kier molecular flexibility index (Phi) is 4.68. The first kappa shape index (κ1) is 19.1. The van der Waals surface area contributed by atoms with Crippen molar-refractivity contribution >= 4 is 32.0 Å². The van der Waals surface area contributed by atoms with Gasteiger partial charge in [0.05, 0.1) is 10.9 Å². The van der Waals surface area contributed by atoms with Gasteiger partial charge >= 0.3 is 6.09 Å². The lowest BCUT2D eigenvalue weighted by atomic mass is 10.00. The molecule has 1 amide bonds. The van der Waals surface area contributed by atoms with Crippen molar-refractivity contribution in [1.29, 1.82) is 0 Å². The van der Waals surface area contributed by atoms with E-state index in [1.807, 2.05) is 17.0 Å². The second-order valence-corrected chi connectivity index (χ2v) is 10.6. The molecule has 0 saturated carbocycles. The third-order valence-corrected chi connectivity index (χ3v) is 8.55. The van der Waals surface area contributed by atoms with Crippen molar-refractivity contribution in [2.75, 3.05) is 13.1 Å². The number of amides is 1. The average molecular weight is 477 g/mol. The summed E-state index contributed by atoms with van der Waals surface area (Å²) >= 11 is 3.34. The molecule has 29 heavy (non-hydrogen) atoms. The van der Waals surface area contributed by atoms with Gasteiger partial charge in [-0.25, -0.2) is 13.2 Å². The van der Waals surface area contributed by atoms with E-state index in [2.05, 4.69) is 28.1 Å². The first-order valence-electron chi connectivity index (χ1n) is 9.77. The highest BCUT2D eigenvalue weighted by Crippen LogP contribution is 2.45. The van der Waals surface area contributed by atoms with Crippen LogP contribution in [0.1, 0.15) is 30.0 Å². The molecular formula is C21H21BrN2O4S. The maximum atomic E-state index is 13.0. The molecule has 0 spiro atoms. The van der Waals surface area contributed by atoms with Crippen LogP contribution in [0.3, 0.4) is 0 Å². The van der Waals surface area contributed by atoms with Crippen LogP contribution in [0.15, 0.2) is 57.9 Å². The lowest BCUT2D eigenvalue weighted by molar-refractivity contribution is 0.119. The molecule has 6 nitrogen and oxygen atoms in total. The van der Waals surface area contributed by atoms with E-state index in [4.69, 9.17) is 4.74 Å². The molecule has 0 radical (unpaired) electrons. The van der Waals surface area contributed by atoms with Gasteiger partial charge in [-0.15, -0.1) is 0 Å². The molecule has 0 bridgehead atoms. The van der Waals surface area contributed by atoms with Crippen molar-refractivity contribution < 1.29 is 17.9 Å². The smallest absolute Gasteiger partial charge is 0.411 e. The van der Waals surface area contributed by atoms with Crippen LogP contribution in [0, 0.1) is 0 Å². The molecule has 3 aliphatic rings. The number of carbonyl (C=O) groups is 1. The number of rotatable bonds is 3. The third-order valence-electron chi connectivity index (χ3n) is 6.16. The van der Waals surface area contributed by atoms with Crippen LogP contribution in [-0.2, 0) is 21.2 Å². The van der Waals surface area contributed by atoms with E-state index in [-0.39, 0.29) is 29.2 Å². The van der Waals surface area contributed by atoms with E-state index < -0.39 is 10.0 Å². The molecule has 1 aliphatic carbocycles. The van der Waals surface area contributed by atoms with E-state index in [1.54, 1.807) is 24.3 Å². The van der Waals surface area contributed by atoms with E-state index in [0.717, 1.165) is 16.5 Å². The van der Waals surface area contributed by atoms with Crippen molar-refractivity contribution in [3.05, 3.63) is 64.1 Å². The summed E-state index contributed by atoms with van der Waals surface area (Å²) in [7, 11) is -3.54. The highest BCUT2D eigenvalue weighted by Gasteiger charge is 2.50.